The molecular formula is C15H21NO3. The molecule has 4 nitrogen and oxygen atoms in total. The summed E-state index contributed by atoms with van der Waals surface area (Å²) in [5.74, 6) is 0. The van der Waals surface area contributed by atoms with Gasteiger partial charge >= 0.3 is 6.09 Å². The highest BCUT2D eigenvalue weighted by Crippen LogP contribution is 2.49. The molecule has 0 aromatic heterocycles. The van der Waals surface area contributed by atoms with Gasteiger partial charge in [0.25, 0.3) is 0 Å². The number of ether oxygens (including phenoxy) is 1. The van der Waals surface area contributed by atoms with Crippen molar-refractivity contribution >= 4 is 6.09 Å². The summed E-state index contributed by atoms with van der Waals surface area (Å²) in [6.45, 7) is 0.722. The van der Waals surface area contributed by atoms with E-state index in [1.54, 1.807) is 7.11 Å². The number of carboxylic acid groups (broad SMARTS) is 1. The van der Waals surface area contributed by atoms with E-state index in [1.165, 1.54) is 0 Å². The Hall–Kier alpha value is -1.55. The van der Waals surface area contributed by atoms with E-state index in [4.69, 9.17) is 9.84 Å². The number of amides is 1. The summed E-state index contributed by atoms with van der Waals surface area (Å²) in [6.07, 6.45) is 2.90. The molecule has 0 aliphatic heterocycles. The van der Waals surface area contributed by atoms with E-state index < -0.39 is 6.09 Å². The molecule has 1 amide bonds. The molecule has 0 spiro atoms. The average molecular weight is 263 g/mol. The Balaban J connectivity index is 1.98. The summed E-state index contributed by atoms with van der Waals surface area (Å²) in [5.41, 5.74) is 1.35. The Morgan fingerprint density at radius 2 is 2.11 bits per heavy atom. The first kappa shape index (κ1) is 13.9. The summed E-state index contributed by atoms with van der Waals surface area (Å²) < 4.78 is 5.25. The molecule has 1 fully saturated rings. The van der Waals surface area contributed by atoms with Gasteiger partial charge in [0.2, 0.25) is 0 Å². The van der Waals surface area contributed by atoms with E-state index >= 15 is 0 Å². The van der Waals surface area contributed by atoms with Gasteiger partial charge in [-0.25, -0.2) is 4.79 Å². The van der Waals surface area contributed by atoms with Gasteiger partial charge in [0, 0.05) is 13.2 Å². The van der Waals surface area contributed by atoms with Crippen LogP contribution in [0.15, 0.2) is 30.3 Å². The van der Waals surface area contributed by atoms with Crippen LogP contribution in [0.5, 0.6) is 0 Å². The predicted molar refractivity (Wildman–Crippen MR) is 73.3 cm³/mol. The second-order valence-corrected chi connectivity index (χ2v) is 5.47. The number of hydrogen-bond donors (Lipinski definition) is 2. The first-order chi connectivity index (χ1) is 9.13. The molecular weight excluding hydrogens is 242 g/mol. The van der Waals surface area contributed by atoms with Crippen molar-refractivity contribution in [1.82, 2.24) is 5.32 Å². The largest absolute Gasteiger partial charge is 0.465 e. The average Bonchev–Trinajstić information content (AvgIpc) is 3.09. The Morgan fingerprint density at radius 3 is 2.63 bits per heavy atom. The van der Waals surface area contributed by atoms with E-state index in [0.717, 1.165) is 37.9 Å². The maximum Gasteiger partial charge on any atom is 0.404 e. The minimum atomic E-state index is -0.950. The number of benzene rings is 1. The van der Waals surface area contributed by atoms with E-state index in [-0.39, 0.29) is 11.5 Å². The second-order valence-electron chi connectivity index (χ2n) is 5.47. The Labute approximate surface area is 113 Å². The van der Waals surface area contributed by atoms with Gasteiger partial charge < -0.3 is 15.2 Å². The summed E-state index contributed by atoms with van der Waals surface area (Å²) in [7, 11) is 1.71. The van der Waals surface area contributed by atoms with Crippen LogP contribution < -0.4 is 5.32 Å². The molecule has 2 rings (SSSR count). The van der Waals surface area contributed by atoms with Gasteiger partial charge in [-0.3, -0.25) is 0 Å². The summed E-state index contributed by atoms with van der Waals surface area (Å²) >= 11 is 0. The van der Waals surface area contributed by atoms with Crippen LogP contribution in [0, 0.1) is 5.41 Å². The molecule has 2 N–H and O–H groups in total. The zero-order valence-electron chi connectivity index (χ0n) is 11.3. The molecule has 4 heteroatoms. The van der Waals surface area contributed by atoms with E-state index in [2.05, 4.69) is 5.32 Å². The van der Waals surface area contributed by atoms with Crippen molar-refractivity contribution in [3.05, 3.63) is 35.9 Å². The van der Waals surface area contributed by atoms with Crippen LogP contribution in [-0.2, 0) is 11.2 Å². The van der Waals surface area contributed by atoms with Gasteiger partial charge in [0.1, 0.15) is 0 Å². The molecule has 0 bridgehead atoms. The van der Waals surface area contributed by atoms with Crippen LogP contribution in [0.1, 0.15) is 24.8 Å². The molecule has 0 radical (unpaired) electrons. The SMILES string of the molecule is COCC1(CC(Cc2ccccc2)NC(=O)O)CC1. The van der Waals surface area contributed by atoms with Crippen molar-refractivity contribution in [2.75, 3.05) is 13.7 Å². The van der Waals surface area contributed by atoms with E-state index in [9.17, 15) is 4.79 Å². The highest BCUT2D eigenvalue weighted by Gasteiger charge is 2.44. The molecule has 104 valence electrons. The molecule has 1 unspecified atom stereocenters. The van der Waals surface area contributed by atoms with Gasteiger partial charge in [0.05, 0.1) is 6.61 Å². The van der Waals surface area contributed by atoms with Crippen molar-refractivity contribution in [2.24, 2.45) is 5.41 Å². The Morgan fingerprint density at radius 1 is 1.42 bits per heavy atom. The number of rotatable bonds is 7. The third-order valence-corrected chi connectivity index (χ3v) is 3.74. The molecule has 1 atom stereocenters. The maximum atomic E-state index is 10.9. The van der Waals surface area contributed by atoms with Crippen LogP contribution in [0.4, 0.5) is 4.79 Å². The van der Waals surface area contributed by atoms with Gasteiger partial charge in [0.15, 0.2) is 0 Å². The fraction of sp³-hybridized carbons (Fsp3) is 0.533. The number of carbonyl (C=O) groups is 1. The third-order valence-electron chi connectivity index (χ3n) is 3.74. The van der Waals surface area contributed by atoms with Crippen LogP contribution in [0.2, 0.25) is 0 Å². The molecule has 1 aliphatic rings. The standard InChI is InChI=1S/C15H21NO3/c1-19-11-15(7-8-15)10-13(16-14(17)18)9-12-5-3-2-4-6-12/h2-6,13,16H,7-11H2,1H3,(H,17,18). The normalized spacial score (nSPS) is 17.7. The van der Waals surface area contributed by atoms with E-state index in [1.807, 2.05) is 30.3 Å². The highest BCUT2D eigenvalue weighted by molar-refractivity contribution is 5.64. The fourth-order valence-electron chi connectivity index (χ4n) is 2.66. The summed E-state index contributed by atoms with van der Waals surface area (Å²) in [4.78, 5) is 10.9. The fourth-order valence-corrected chi connectivity index (χ4v) is 2.66. The third kappa shape index (κ3) is 4.24. The van der Waals surface area contributed by atoms with Crippen LogP contribution >= 0.6 is 0 Å². The van der Waals surface area contributed by atoms with Crippen LogP contribution in [0.3, 0.4) is 0 Å². The zero-order valence-corrected chi connectivity index (χ0v) is 11.3. The number of hydrogen-bond acceptors (Lipinski definition) is 2. The monoisotopic (exact) mass is 263 g/mol. The van der Waals surface area contributed by atoms with Crippen molar-refractivity contribution in [1.29, 1.82) is 0 Å². The minimum absolute atomic E-state index is 0.0439. The Kier molecular flexibility index (Phi) is 4.43. The first-order valence-electron chi connectivity index (χ1n) is 6.66. The van der Waals surface area contributed by atoms with Crippen molar-refractivity contribution < 1.29 is 14.6 Å². The molecule has 1 saturated carbocycles. The summed E-state index contributed by atoms with van der Waals surface area (Å²) in [6, 6.07) is 9.96. The van der Waals surface area contributed by atoms with Gasteiger partial charge in [-0.15, -0.1) is 0 Å². The molecule has 0 saturated heterocycles. The zero-order chi connectivity index (χ0) is 13.7. The Bertz CT molecular complexity index is 415. The van der Waals surface area contributed by atoms with Gasteiger partial charge in [-0.1, -0.05) is 30.3 Å². The molecule has 0 heterocycles. The first-order valence-corrected chi connectivity index (χ1v) is 6.66. The highest BCUT2D eigenvalue weighted by atomic mass is 16.5. The quantitative estimate of drug-likeness (QED) is 0.795. The number of nitrogens with one attached hydrogen (secondary N) is 1. The lowest BCUT2D eigenvalue weighted by atomic mass is 9.93. The second kappa shape index (κ2) is 6.06. The lowest BCUT2D eigenvalue weighted by molar-refractivity contribution is 0.127. The van der Waals surface area contributed by atoms with Gasteiger partial charge in [-0.2, -0.15) is 0 Å². The smallest absolute Gasteiger partial charge is 0.404 e. The lowest BCUT2D eigenvalue weighted by Crippen LogP contribution is -2.38. The minimum Gasteiger partial charge on any atom is -0.465 e. The van der Waals surface area contributed by atoms with Crippen LogP contribution in [0.25, 0.3) is 0 Å². The van der Waals surface area contributed by atoms with Crippen molar-refractivity contribution in [2.45, 2.75) is 31.7 Å². The van der Waals surface area contributed by atoms with Crippen molar-refractivity contribution in [3.63, 3.8) is 0 Å². The van der Waals surface area contributed by atoms with Crippen LogP contribution in [-0.4, -0.2) is 31.0 Å². The topological polar surface area (TPSA) is 58.6 Å². The predicted octanol–water partition coefficient (Wildman–Crippen LogP) is 2.68. The molecule has 19 heavy (non-hydrogen) atoms. The maximum absolute atomic E-state index is 10.9. The van der Waals surface area contributed by atoms with Gasteiger partial charge in [-0.05, 0) is 36.7 Å². The van der Waals surface area contributed by atoms with E-state index in [0.29, 0.717) is 0 Å². The molecule has 1 aliphatic carbocycles. The molecule has 1 aromatic rings. The number of methoxy groups -OCH3 is 1. The summed E-state index contributed by atoms with van der Waals surface area (Å²) in [5, 5.41) is 11.6. The van der Waals surface area contributed by atoms with Crippen molar-refractivity contribution in [3.8, 4) is 0 Å². The lowest BCUT2D eigenvalue weighted by Gasteiger charge is -2.23. The molecule has 1 aromatic carbocycles.